The fourth-order valence-electron chi connectivity index (χ4n) is 2.02. The molecule has 0 aliphatic heterocycles. The van der Waals surface area contributed by atoms with E-state index in [1.165, 1.54) is 0 Å². The van der Waals surface area contributed by atoms with Gasteiger partial charge in [-0.25, -0.2) is 0 Å². The maximum absolute atomic E-state index is 11.6. The Labute approximate surface area is 122 Å². The molecule has 106 valence electrons. The molecule has 20 heavy (non-hydrogen) atoms. The standard InChI is InChI=1S/C15H18N2O2S/c1-10(11-3-5-13(19-2)6-4-11)17-14(15(16)18)12-7-8-20-9-12/h3-10,14,17H,1-2H3,(H2,16,18)/t10-,14?/m1/s1. The first kappa shape index (κ1) is 14.6. The Hall–Kier alpha value is -1.85. The normalized spacial score (nSPS) is 13.7. The highest BCUT2D eigenvalue weighted by Gasteiger charge is 2.20. The smallest absolute Gasteiger partial charge is 0.239 e. The molecule has 0 bridgehead atoms. The number of methoxy groups -OCH3 is 1. The van der Waals surface area contributed by atoms with Gasteiger partial charge in [-0.05, 0) is 47.0 Å². The summed E-state index contributed by atoms with van der Waals surface area (Å²) in [5.41, 5.74) is 7.46. The van der Waals surface area contributed by atoms with Crippen LogP contribution in [0.2, 0.25) is 0 Å². The predicted octanol–water partition coefficient (Wildman–Crippen LogP) is 2.63. The van der Waals surface area contributed by atoms with E-state index in [4.69, 9.17) is 10.5 Å². The van der Waals surface area contributed by atoms with Gasteiger partial charge in [-0.3, -0.25) is 10.1 Å². The molecule has 0 saturated carbocycles. The van der Waals surface area contributed by atoms with Gasteiger partial charge in [-0.2, -0.15) is 11.3 Å². The van der Waals surface area contributed by atoms with Crippen molar-refractivity contribution >= 4 is 17.2 Å². The predicted molar refractivity (Wildman–Crippen MR) is 80.8 cm³/mol. The fourth-order valence-corrected chi connectivity index (χ4v) is 2.71. The number of hydrogen-bond donors (Lipinski definition) is 2. The summed E-state index contributed by atoms with van der Waals surface area (Å²) >= 11 is 1.55. The summed E-state index contributed by atoms with van der Waals surface area (Å²) in [6.07, 6.45) is 0. The van der Waals surface area contributed by atoms with Gasteiger partial charge in [0, 0.05) is 6.04 Å². The molecule has 1 amide bonds. The van der Waals surface area contributed by atoms with E-state index in [1.54, 1.807) is 18.4 Å². The highest BCUT2D eigenvalue weighted by molar-refractivity contribution is 7.08. The van der Waals surface area contributed by atoms with Crippen molar-refractivity contribution in [1.29, 1.82) is 0 Å². The van der Waals surface area contributed by atoms with Gasteiger partial charge in [0.05, 0.1) is 7.11 Å². The minimum atomic E-state index is -0.474. The number of benzene rings is 1. The van der Waals surface area contributed by atoms with E-state index in [1.807, 2.05) is 48.0 Å². The molecule has 0 radical (unpaired) electrons. The Balaban J connectivity index is 2.11. The highest BCUT2D eigenvalue weighted by atomic mass is 32.1. The van der Waals surface area contributed by atoms with Gasteiger partial charge in [-0.1, -0.05) is 12.1 Å². The second-order valence-corrected chi connectivity index (χ2v) is 5.33. The molecule has 1 unspecified atom stereocenters. The first-order chi connectivity index (χ1) is 9.61. The van der Waals surface area contributed by atoms with Gasteiger partial charge in [0.2, 0.25) is 5.91 Å². The lowest BCUT2D eigenvalue weighted by atomic mass is 10.0. The van der Waals surface area contributed by atoms with E-state index in [0.29, 0.717) is 0 Å². The molecule has 0 aliphatic rings. The van der Waals surface area contributed by atoms with E-state index in [9.17, 15) is 4.79 Å². The van der Waals surface area contributed by atoms with Crippen LogP contribution in [0, 0.1) is 0 Å². The number of thiophene rings is 1. The molecule has 0 saturated heterocycles. The summed E-state index contributed by atoms with van der Waals surface area (Å²) in [5.74, 6) is 0.439. The fraction of sp³-hybridized carbons (Fsp3) is 0.267. The van der Waals surface area contributed by atoms with Crippen molar-refractivity contribution in [3.05, 3.63) is 52.2 Å². The van der Waals surface area contributed by atoms with Gasteiger partial charge < -0.3 is 10.5 Å². The van der Waals surface area contributed by atoms with Gasteiger partial charge >= 0.3 is 0 Å². The third-order valence-corrected chi connectivity index (χ3v) is 3.89. The number of amides is 1. The van der Waals surface area contributed by atoms with Gasteiger partial charge in [0.15, 0.2) is 0 Å². The van der Waals surface area contributed by atoms with Crippen molar-refractivity contribution in [1.82, 2.24) is 5.32 Å². The molecule has 0 spiro atoms. The summed E-state index contributed by atoms with van der Waals surface area (Å²) in [6, 6.07) is 9.20. The third-order valence-electron chi connectivity index (χ3n) is 3.19. The van der Waals surface area contributed by atoms with Crippen LogP contribution in [-0.2, 0) is 4.79 Å². The molecule has 4 nitrogen and oxygen atoms in total. The Morgan fingerprint density at radius 2 is 1.95 bits per heavy atom. The van der Waals surface area contributed by atoms with Crippen LogP contribution in [-0.4, -0.2) is 13.0 Å². The monoisotopic (exact) mass is 290 g/mol. The zero-order valence-corrected chi connectivity index (χ0v) is 12.3. The quantitative estimate of drug-likeness (QED) is 0.859. The first-order valence-electron chi connectivity index (χ1n) is 6.33. The zero-order valence-electron chi connectivity index (χ0n) is 11.5. The molecule has 1 heterocycles. The van der Waals surface area contributed by atoms with Gasteiger partial charge in [-0.15, -0.1) is 0 Å². The number of ether oxygens (including phenoxy) is 1. The molecule has 1 aromatic heterocycles. The number of carbonyl (C=O) groups is 1. The van der Waals surface area contributed by atoms with E-state index in [0.717, 1.165) is 16.9 Å². The summed E-state index contributed by atoms with van der Waals surface area (Å²) in [4.78, 5) is 11.6. The lowest BCUT2D eigenvalue weighted by Gasteiger charge is -2.21. The van der Waals surface area contributed by atoms with Crippen molar-refractivity contribution in [3.8, 4) is 5.75 Å². The largest absolute Gasteiger partial charge is 0.497 e. The highest BCUT2D eigenvalue weighted by Crippen LogP contribution is 2.22. The van der Waals surface area contributed by atoms with Gasteiger partial charge in [0.25, 0.3) is 0 Å². The minimum absolute atomic E-state index is 0.0123. The minimum Gasteiger partial charge on any atom is -0.497 e. The number of carbonyl (C=O) groups excluding carboxylic acids is 1. The second-order valence-electron chi connectivity index (χ2n) is 4.55. The molecule has 3 N–H and O–H groups in total. The van der Waals surface area contributed by atoms with Crippen molar-refractivity contribution in [3.63, 3.8) is 0 Å². The molecule has 1 aromatic carbocycles. The Morgan fingerprint density at radius 1 is 1.25 bits per heavy atom. The molecule has 5 heteroatoms. The van der Waals surface area contributed by atoms with Crippen molar-refractivity contribution in [2.24, 2.45) is 5.73 Å². The molecule has 0 aliphatic carbocycles. The molecule has 2 rings (SSSR count). The molecule has 0 fully saturated rings. The molecular weight excluding hydrogens is 272 g/mol. The first-order valence-corrected chi connectivity index (χ1v) is 7.27. The van der Waals surface area contributed by atoms with Gasteiger partial charge in [0.1, 0.15) is 11.8 Å². The van der Waals surface area contributed by atoms with Crippen molar-refractivity contribution < 1.29 is 9.53 Å². The Morgan fingerprint density at radius 3 is 2.45 bits per heavy atom. The van der Waals surface area contributed by atoms with Crippen LogP contribution in [0.25, 0.3) is 0 Å². The topological polar surface area (TPSA) is 64.3 Å². The van der Waals surface area contributed by atoms with E-state index in [2.05, 4.69) is 5.32 Å². The lowest BCUT2D eigenvalue weighted by Crippen LogP contribution is -2.34. The lowest BCUT2D eigenvalue weighted by molar-refractivity contribution is -0.120. The zero-order chi connectivity index (χ0) is 14.5. The molecular formula is C15H18N2O2S. The second kappa shape index (κ2) is 6.54. The SMILES string of the molecule is COc1ccc([C@@H](C)NC(C(N)=O)c2ccsc2)cc1. The van der Waals surface area contributed by atoms with Crippen LogP contribution in [0.1, 0.15) is 30.1 Å². The number of primary amides is 1. The van der Waals surface area contributed by atoms with Crippen LogP contribution >= 0.6 is 11.3 Å². The summed E-state index contributed by atoms with van der Waals surface area (Å²) < 4.78 is 5.13. The van der Waals surface area contributed by atoms with Crippen LogP contribution in [0.5, 0.6) is 5.75 Å². The number of hydrogen-bond acceptors (Lipinski definition) is 4. The van der Waals surface area contributed by atoms with Crippen molar-refractivity contribution in [2.45, 2.75) is 19.0 Å². The van der Waals surface area contributed by atoms with Crippen LogP contribution < -0.4 is 15.8 Å². The van der Waals surface area contributed by atoms with E-state index < -0.39 is 6.04 Å². The maximum atomic E-state index is 11.6. The maximum Gasteiger partial charge on any atom is 0.239 e. The number of nitrogens with one attached hydrogen (secondary N) is 1. The van der Waals surface area contributed by atoms with E-state index in [-0.39, 0.29) is 11.9 Å². The van der Waals surface area contributed by atoms with E-state index >= 15 is 0 Å². The number of rotatable bonds is 6. The van der Waals surface area contributed by atoms with Crippen LogP contribution in [0.15, 0.2) is 41.1 Å². The summed E-state index contributed by atoms with van der Waals surface area (Å²) in [6.45, 7) is 2.00. The van der Waals surface area contributed by atoms with Crippen molar-refractivity contribution in [2.75, 3.05) is 7.11 Å². The summed E-state index contributed by atoms with van der Waals surface area (Å²) in [7, 11) is 1.64. The average molecular weight is 290 g/mol. The van der Waals surface area contributed by atoms with Crippen LogP contribution in [0.3, 0.4) is 0 Å². The van der Waals surface area contributed by atoms with Crippen LogP contribution in [0.4, 0.5) is 0 Å². The third kappa shape index (κ3) is 3.37. The molecule has 2 atom stereocenters. The Bertz CT molecular complexity index is 552. The average Bonchev–Trinajstić information content (AvgIpc) is 2.98. The Kier molecular flexibility index (Phi) is 4.76. The molecule has 2 aromatic rings. The summed E-state index contributed by atoms with van der Waals surface area (Å²) in [5, 5.41) is 7.13. The number of nitrogens with two attached hydrogens (primary N) is 1.